The molecule has 0 atom stereocenters. The van der Waals surface area contributed by atoms with Crippen molar-refractivity contribution in [1.82, 2.24) is 24.1 Å². The Hall–Kier alpha value is -7.63. The second-order valence-electron chi connectivity index (χ2n) is 14.1. The van der Waals surface area contributed by atoms with E-state index in [0.29, 0.717) is 5.95 Å². The van der Waals surface area contributed by atoms with Gasteiger partial charge in [0, 0.05) is 43.8 Å². The molecule has 56 heavy (non-hydrogen) atoms. The molecule has 0 bridgehead atoms. The van der Waals surface area contributed by atoms with E-state index in [9.17, 15) is 0 Å². The Morgan fingerprint density at radius 1 is 0.286 bits per heavy atom. The number of nitrogens with zero attached hydrogens (tertiary/aromatic N) is 5. The van der Waals surface area contributed by atoms with Crippen molar-refractivity contribution in [1.29, 1.82) is 0 Å². The molecule has 0 amide bonds. The van der Waals surface area contributed by atoms with Gasteiger partial charge in [0.15, 0.2) is 0 Å². The van der Waals surface area contributed by atoms with E-state index in [-0.39, 0.29) is 0 Å². The van der Waals surface area contributed by atoms with Crippen molar-refractivity contribution in [3.8, 4) is 56.7 Å². The summed E-state index contributed by atoms with van der Waals surface area (Å²) in [5, 5.41) is 4.59. The highest BCUT2D eigenvalue weighted by atomic mass is 15.2. The van der Waals surface area contributed by atoms with Crippen LogP contribution in [0.15, 0.2) is 200 Å². The molecule has 0 N–H and O–H groups in total. The summed E-state index contributed by atoms with van der Waals surface area (Å²) >= 11 is 0. The predicted octanol–water partition coefficient (Wildman–Crippen LogP) is 12.7. The van der Waals surface area contributed by atoms with Crippen molar-refractivity contribution in [3.63, 3.8) is 0 Å². The summed E-state index contributed by atoms with van der Waals surface area (Å²) < 4.78 is 4.70. The third-order valence-electron chi connectivity index (χ3n) is 10.7. The van der Waals surface area contributed by atoms with Crippen molar-refractivity contribution >= 4 is 43.6 Å². The van der Waals surface area contributed by atoms with Crippen LogP contribution in [0.25, 0.3) is 100 Å². The summed E-state index contributed by atoms with van der Waals surface area (Å²) in [6.45, 7) is 0. The molecule has 0 aliphatic heterocycles. The summed E-state index contributed by atoms with van der Waals surface area (Å²) in [6, 6.07) is 70.1. The van der Waals surface area contributed by atoms with E-state index < -0.39 is 0 Å². The Kier molecular flexibility index (Phi) is 7.42. The minimum Gasteiger partial charge on any atom is -0.307 e. The van der Waals surface area contributed by atoms with Gasteiger partial charge in [0.2, 0.25) is 5.95 Å². The van der Waals surface area contributed by atoms with E-state index in [1.54, 1.807) is 0 Å². The van der Waals surface area contributed by atoms with Crippen molar-refractivity contribution in [2.24, 2.45) is 0 Å². The number of pyridine rings is 1. The van der Waals surface area contributed by atoms with Crippen LogP contribution in [0.5, 0.6) is 0 Å². The zero-order valence-corrected chi connectivity index (χ0v) is 30.3. The topological polar surface area (TPSA) is 48.5 Å². The Balaban J connectivity index is 1.29. The summed E-state index contributed by atoms with van der Waals surface area (Å²) in [5.41, 5.74) is 13.0. The molecule has 11 aromatic rings. The highest BCUT2D eigenvalue weighted by Gasteiger charge is 2.24. The van der Waals surface area contributed by atoms with Gasteiger partial charge in [-0.3, -0.25) is 4.57 Å². The fourth-order valence-corrected chi connectivity index (χ4v) is 8.18. The van der Waals surface area contributed by atoms with Crippen LogP contribution in [0, 0.1) is 0 Å². The van der Waals surface area contributed by atoms with E-state index in [1.165, 1.54) is 5.39 Å². The lowest BCUT2D eigenvalue weighted by Gasteiger charge is -2.15. The van der Waals surface area contributed by atoms with Crippen LogP contribution in [0.4, 0.5) is 0 Å². The molecule has 0 aliphatic carbocycles. The quantitative estimate of drug-likeness (QED) is 0.172. The SMILES string of the molecule is c1ccc(-c2cc(-n3c4ccccc4c4ccc5c6ccccc6n(-c6nc(-c7ccccc7)cc(-c7ccccc7)n6)c5c43)cc(-c3ccccc3)n2)cc1. The van der Waals surface area contributed by atoms with Gasteiger partial charge in [-0.05, 0) is 30.3 Å². The van der Waals surface area contributed by atoms with Crippen molar-refractivity contribution in [2.75, 3.05) is 0 Å². The maximum atomic E-state index is 5.38. The van der Waals surface area contributed by atoms with Gasteiger partial charge in [-0.15, -0.1) is 0 Å². The number of benzene rings is 7. The minimum atomic E-state index is 0.616. The second kappa shape index (κ2) is 13.0. The van der Waals surface area contributed by atoms with Crippen LogP contribution in [0.3, 0.4) is 0 Å². The number of aromatic nitrogens is 5. The number of fused-ring (bicyclic) bond motifs is 7. The molecule has 0 radical (unpaired) electrons. The Morgan fingerprint density at radius 2 is 0.643 bits per heavy atom. The monoisotopic (exact) mass is 715 g/mol. The summed E-state index contributed by atoms with van der Waals surface area (Å²) in [4.78, 5) is 16.0. The van der Waals surface area contributed by atoms with Gasteiger partial charge in [-0.2, -0.15) is 0 Å². The standard InChI is InChI=1S/C51H33N5/c1-5-17-34(18-6-1)43-31-38(32-44(52-43)35-19-7-2-8-20-35)55-47-27-15-13-25-39(47)41-29-30-42-40-26-14-16-28-48(40)56(50(42)49(41)55)51-53-45(36-21-9-3-10-22-36)33-46(54-51)37-23-11-4-12-24-37/h1-33H. The van der Waals surface area contributed by atoms with Crippen LogP contribution in [-0.2, 0) is 0 Å². The Bertz CT molecular complexity index is 2890. The van der Waals surface area contributed by atoms with Gasteiger partial charge in [-0.1, -0.05) is 170 Å². The molecule has 4 aromatic heterocycles. The lowest BCUT2D eigenvalue weighted by atomic mass is 10.1. The molecule has 5 nitrogen and oxygen atoms in total. The van der Waals surface area contributed by atoms with Gasteiger partial charge >= 0.3 is 0 Å². The molecule has 5 heteroatoms. The Morgan fingerprint density at radius 3 is 1.09 bits per heavy atom. The molecule has 0 fully saturated rings. The number of rotatable bonds is 6. The first-order chi connectivity index (χ1) is 27.8. The maximum absolute atomic E-state index is 5.38. The van der Waals surface area contributed by atoms with Gasteiger partial charge in [-0.25, -0.2) is 15.0 Å². The average molecular weight is 716 g/mol. The molecular weight excluding hydrogens is 683 g/mol. The van der Waals surface area contributed by atoms with E-state index in [2.05, 4.69) is 185 Å². The minimum absolute atomic E-state index is 0.616. The van der Waals surface area contributed by atoms with Crippen LogP contribution in [0.1, 0.15) is 0 Å². The molecule has 262 valence electrons. The highest BCUT2D eigenvalue weighted by molar-refractivity contribution is 6.23. The lowest BCUT2D eigenvalue weighted by Crippen LogP contribution is -2.05. The van der Waals surface area contributed by atoms with Crippen LogP contribution in [-0.4, -0.2) is 24.1 Å². The lowest BCUT2D eigenvalue weighted by molar-refractivity contribution is 0.995. The highest BCUT2D eigenvalue weighted by Crippen LogP contribution is 2.42. The first kappa shape index (κ1) is 31.9. The summed E-state index contributed by atoms with van der Waals surface area (Å²) in [5.74, 6) is 0.616. The van der Waals surface area contributed by atoms with E-state index in [4.69, 9.17) is 15.0 Å². The predicted molar refractivity (Wildman–Crippen MR) is 230 cm³/mol. The zero-order valence-electron chi connectivity index (χ0n) is 30.3. The van der Waals surface area contributed by atoms with E-state index >= 15 is 0 Å². The first-order valence-corrected chi connectivity index (χ1v) is 18.9. The van der Waals surface area contributed by atoms with E-state index in [1.807, 2.05) is 24.3 Å². The van der Waals surface area contributed by atoms with Crippen LogP contribution < -0.4 is 0 Å². The molecule has 11 rings (SSSR count). The number of hydrogen-bond donors (Lipinski definition) is 0. The number of hydrogen-bond acceptors (Lipinski definition) is 3. The normalized spacial score (nSPS) is 11.6. The number of para-hydroxylation sites is 2. The first-order valence-electron chi connectivity index (χ1n) is 18.9. The van der Waals surface area contributed by atoms with Crippen molar-refractivity contribution in [3.05, 3.63) is 200 Å². The van der Waals surface area contributed by atoms with Crippen LogP contribution in [0.2, 0.25) is 0 Å². The van der Waals surface area contributed by atoms with Crippen molar-refractivity contribution in [2.45, 2.75) is 0 Å². The summed E-state index contributed by atoms with van der Waals surface area (Å²) in [6.07, 6.45) is 0. The van der Waals surface area contributed by atoms with Gasteiger partial charge in [0.1, 0.15) is 0 Å². The smallest absolute Gasteiger partial charge is 0.235 e. The summed E-state index contributed by atoms with van der Waals surface area (Å²) in [7, 11) is 0. The molecule has 0 aliphatic rings. The van der Waals surface area contributed by atoms with Crippen molar-refractivity contribution < 1.29 is 0 Å². The van der Waals surface area contributed by atoms with E-state index in [0.717, 1.165) is 88.9 Å². The largest absolute Gasteiger partial charge is 0.307 e. The Labute approximate surface area is 323 Å². The average Bonchev–Trinajstić information content (AvgIpc) is 3.81. The maximum Gasteiger partial charge on any atom is 0.235 e. The fraction of sp³-hybridized carbons (Fsp3) is 0. The second-order valence-corrected chi connectivity index (χ2v) is 14.1. The molecular formula is C51H33N5. The zero-order chi connectivity index (χ0) is 37.0. The molecule has 0 saturated heterocycles. The van der Waals surface area contributed by atoms with Crippen LogP contribution >= 0.6 is 0 Å². The molecule has 7 aromatic carbocycles. The van der Waals surface area contributed by atoms with Gasteiger partial charge < -0.3 is 4.57 Å². The van der Waals surface area contributed by atoms with Gasteiger partial charge in [0.25, 0.3) is 0 Å². The fourth-order valence-electron chi connectivity index (χ4n) is 8.18. The molecule has 0 spiro atoms. The molecule has 4 heterocycles. The molecule has 0 unspecified atom stereocenters. The molecule has 0 saturated carbocycles. The van der Waals surface area contributed by atoms with Gasteiger partial charge in [0.05, 0.1) is 50.5 Å². The third-order valence-corrected chi connectivity index (χ3v) is 10.7. The third kappa shape index (κ3) is 5.21.